The second kappa shape index (κ2) is 8.19. The quantitative estimate of drug-likeness (QED) is 0.880. The largest absolute Gasteiger partial charge is 0.444 e. The van der Waals surface area contributed by atoms with Gasteiger partial charge in [0.05, 0.1) is 6.04 Å². The summed E-state index contributed by atoms with van der Waals surface area (Å²) in [6.45, 7) is 10.4. The number of carbonyl (C=O) groups excluding carboxylic acids is 1. The van der Waals surface area contributed by atoms with Crippen LogP contribution in [0.4, 0.5) is 10.6 Å². The van der Waals surface area contributed by atoms with Crippen molar-refractivity contribution < 1.29 is 9.53 Å². The second-order valence-electron chi connectivity index (χ2n) is 8.25. The molecule has 0 aliphatic carbocycles. The number of benzene rings is 1. The van der Waals surface area contributed by atoms with Crippen LogP contribution in [0.3, 0.4) is 0 Å². The number of nitrogens with zero attached hydrogens (tertiary/aromatic N) is 3. The van der Waals surface area contributed by atoms with Crippen LogP contribution in [0.1, 0.15) is 43.5 Å². The lowest BCUT2D eigenvalue weighted by Crippen LogP contribution is -2.50. The molecular weight excluding hydrogens is 352 g/mol. The molecule has 2 aromatic rings. The minimum Gasteiger partial charge on any atom is -0.444 e. The standard InChI is InChI=1S/C22H30N4O2/c1-16-14-18(19(23)17-8-6-5-7-9-17)15-24-20(16)25-10-12-26(13-11-25)21(27)28-22(2,3)4/h5-9,14-15,19H,10-13,23H2,1-4H3. The SMILES string of the molecule is Cc1cc(C(N)c2ccccc2)cnc1N1CCN(C(=O)OC(C)(C)C)CC1. The Morgan fingerprint density at radius 3 is 2.32 bits per heavy atom. The number of carbonyl (C=O) groups is 1. The molecule has 1 amide bonds. The predicted octanol–water partition coefficient (Wildman–Crippen LogP) is 3.50. The Labute approximate surface area is 167 Å². The number of nitrogens with two attached hydrogens (primary N) is 1. The zero-order valence-electron chi connectivity index (χ0n) is 17.2. The average Bonchev–Trinajstić information content (AvgIpc) is 2.67. The van der Waals surface area contributed by atoms with Crippen molar-refractivity contribution in [1.82, 2.24) is 9.88 Å². The van der Waals surface area contributed by atoms with Crippen molar-refractivity contribution in [1.29, 1.82) is 0 Å². The highest BCUT2D eigenvalue weighted by atomic mass is 16.6. The maximum Gasteiger partial charge on any atom is 0.410 e. The number of hydrogen-bond acceptors (Lipinski definition) is 5. The smallest absolute Gasteiger partial charge is 0.410 e. The number of hydrogen-bond donors (Lipinski definition) is 1. The number of aryl methyl sites for hydroxylation is 1. The van der Waals surface area contributed by atoms with Crippen molar-refractivity contribution in [2.45, 2.75) is 39.3 Å². The maximum absolute atomic E-state index is 12.2. The molecule has 0 saturated carbocycles. The van der Waals surface area contributed by atoms with Gasteiger partial charge in [-0.25, -0.2) is 9.78 Å². The van der Waals surface area contributed by atoms with Crippen LogP contribution in [0.5, 0.6) is 0 Å². The van der Waals surface area contributed by atoms with Gasteiger partial charge >= 0.3 is 6.09 Å². The third-order valence-corrected chi connectivity index (χ3v) is 4.82. The van der Waals surface area contributed by atoms with E-state index in [1.165, 1.54) is 0 Å². The van der Waals surface area contributed by atoms with Gasteiger partial charge in [0.15, 0.2) is 0 Å². The number of ether oxygens (including phenoxy) is 1. The normalized spacial score (nSPS) is 16.0. The van der Waals surface area contributed by atoms with E-state index in [1.54, 1.807) is 4.90 Å². The summed E-state index contributed by atoms with van der Waals surface area (Å²) in [5.41, 5.74) is 9.10. The molecule has 0 bridgehead atoms. The highest BCUT2D eigenvalue weighted by Crippen LogP contribution is 2.25. The van der Waals surface area contributed by atoms with Crippen LogP contribution in [0.25, 0.3) is 0 Å². The fourth-order valence-electron chi connectivity index (χ4n) is 3.37. The van der Waals surface area contributed by atoms with Gasteiger partial charge in [-0.3, -0.25) is 0 Å². The van der Waals surface area contributed by atoms with Crippen molar-refractivity contribution in [2.24, 2.45) is 5.73 Å². The van der Waals surface area contributed by atoms with E-state index in [-0.39, 0.29) is 12.1 Å². The molecule has 0 spiro atoms. The molecule has 6 heteroatoms. The number of rotatable bonds is 3. The van der Waals surface area contributed by atoms with Gasteiger partial charge < -0.3 is 20.3 Å². The van der Waals surface area contributed by atoms with Gasteiger partial charge in [-0.1, -0.05) is 30.3 Å². The van der Waals surface area contributed by atoms with Crippen molar-refractivity contribution in [3.63, 3.8) is 0 Å². The van der Waals surface area contributed by atoms with Crippen molar-refractivity contribution in [3.8, 4) is 0 Å². The zero-order valence-corrected chi connectivity index (χ0v) is 17.2. The molecule has 1 fully saturated rings. The topological polar surface area (TPSA) is 71.7 Å². The Kier molecular flexibility index (Phi) is 5.89. The monoisotopic (exact) mass is 382 g/mol. The number of aromatic nitrogens is 1. The zero-order chi connectivity index (χ0) is 20.3. The van der Waals surface area contributed by atoms with Crippen LogP contribution in [-0.4, -0.2) is 47.8 Å². The lowest BCUT2D eigenvalue weighted by atomic mass is 10.00. The molecular formula is C22H30N4O2. The molecule has 2 heterocycles. The molecule has 150 valence electrons. The van der Waals surface area contributed by atoms with Crippen molar-refractivity contribution in [2.75, 3.05) is 31.1 Å². The van der Waals surface area contributed by atoms with Gasteiger partial charge in [-0.05, 0) is 50.5 Å². The Balaban J connectivity index is 1.65. The number of pyridine rings is 1. The van der Waals surface area contributed by atoms with E-state index in [2.05, 4.69) is 22.9 Å². The fraction of sp³-hybridized carbons (Fsp3) is 0.455. The van der Waals surface area contributed by atoms with E-state index >= 15 is 0 Å². The summed E-state index contributed by atoms with van der Waals surface area (Å²) in [6, 6.07) is 12.0. The maximum atomic E-state index is 12.2. The molecule has 1 aromatic heterocycles. The average molecular weight is 383 g/mol. The summed E-state index contributed by atoms with van der Waals surface area (Å²) in [5, 5.41) is 0. The molecule has 3 rings (SSSR count). The highest BCUT2D eigenvalue weighted by Gasteiger charge is 2.27. The van der Waals surface area contributed by atoms with Crippen LogP contribution in [-0.2, 0) is 4.74 Å². The summed E-state index contributed by atoms with van der Waals surface area (Å²) in [5.74, 6) is 0.952. The molecule has 1 aliphatic heterocycles. The van der Waals surface area contributed by atoms with Gasteiger partial charge in [0.25, 0.3) is 0 Å². The lowest BCUT2D eigenvalue weighted by Gasteiger charge is -2.36. The Bertz CT molecular complexity index is 809. The van der Waals surface area contributed by atoms with Crippen LogP contribution < -0.4 is 10.6 Å². The fourth-order valence-corrected chi connectivity index (χ4v) is 3.37. The first-order valence-electron chi connectivity index (χ1n) is 9.74. The minimum absolute atomic E-state index is 0.189. The molecule has 6 nitrogen and oxygen atoms in total. The molecule has 1 saturated heterocycles. The van der Waals surface area contributed by atoms with Crippen LogP contribution in [0, 0.1) is 6.92 Å². The van der Waals surface area contributed by atoms with E-state index in [1.807, 2.05) is 57.3 Å². The molecule has 1 atom stereocenters. The number of piperazine rings is 1. The third-order valence-electron chi connectivity index (χ3n) is 4.82. The Morgan fingerprint density at radius 2 is 1.75 bits per heavy atom. The van der Waals surface area contributed by atoms with E-state index in [9.17, 15) is 4.79 Å². The first-order chi connectivity index (χ1) is 13.2. The summed E-state index contributed by atoms with van der Waals surface area (Å²) in [6.07, 6.45) is 1.61. The Morgan fingerprint density at radius 1 is 1.11 bits per heavy atom. The minimum atomic E-state index is -0.473. The highest BCUT2D eigenvalue weighted by molar-refractivity contribution is 5.68. The molecule has 1 aromatic carbocycles. The van der Waals surface area contributed by atoms with Gasteiger partial charge in [0.2, 0.25) is 0 Å². The Hall–Kier alpha value is -2.60. The van der Waals surface area contributed by atoms with Gasteiger partial charge in [-0.2, -0.15) is 0 Å². The van der Waals surface area contributed by atoms with Crippen LogP contribution in [0.2, 0.25) is 0 Å². The van der Waals surface area contributed by atoms with Gasteiger partial charge in [0, 0.05) is 32.4 Å². The van der Waals surface area contributed by atoms with E-state index < -0.39 is 5.60 Å². The number of amides is 1. The summed E-state index contributed by atoms with van der Waals surface area (Å²) in [4.78, 5) is 20.9. The first kappa shape index (κ1) is 20.1. The lowest BCUT2D eigenvalue weighted by molar-refractivity contribution is 0.0240. The van der Waals surface area contributed by atoms with E-state index in [0.29, 0.717) is 13.1 Å². The summed E-state index contributed by atoms with van der Waals surface area (Å²) >= 11 is 0. The predicted molar refractivity (Wildman–Crippen MR) is 111 cm³/mol. The third kappa shape index (κ3) is 4.81. The van der Waals surface area contributed by atoms with Gasteiger partial charge in [0.1, 0.15) is 11.4 Å². The van der Waals surface area contributed by atoms with Crippen molar-refractivity contribution >= 4 is 11.9 Å². The first-order valence-corrected chi connectivity index (χ1v) is 9.74. The van der Waals surface area contributed by atoms with Gasteiger partial charge in [-0.15, -0.1) is 0 Å². The summed E-state index contributed by atoms with van der Waals surface area (Å²) < 4.78 is 5.46. The number of anilines is 1. The molecule has 1 aliphatic rings. The molecule has 0 radical (unpaired) electrons. The molecule has 1 unspecified atom stereocenters. The van der Waals surface area contributed by atoms with E-state index in [0.717, 1.165) is 35.6 Å². The summed E-state index contributed by atoms with van der Waals surface area (Å²) in [7, 11) is 0. The molecule has 2 N–H and O–H groups in total. The van der Waals surface area contributed by atoms with Crippen LogP contribution in [0.15, 0.2) is 42.6 Å². The van der Waals surface area contributed by atoms with Crippen molar-refractivity contribution in [3.05, 3.63) is 59.3 Å². The second-order valence-corrected chi connectivity index (χ2v) is 8.25. The van der Waals surface area contributed by atoms with Crippen LogP contribution >= 0.6 is 0 Å². The molecule has 28 heavy (non-hydrogen) atoms. The van der Waals surface area contributed by atoms with E-state index in [4.69, 9.17) is 10.5 Å².